The van der Waals surface area contributed by atoms with Gasteiger partial charge in [0.1, 0.15) is 0 Å². The largest absolute Gasteiger partial charge is 0.481 e. The van der Waals surface area contributed by atoms with E-state index in [0.29, 0.717) is 5.92 Å². The highest BCUT2D eigenvalue weighted by molar-refractivity contribution is 5.88. The first-order chi connectivity index (χ1) is 19.9. The lowest BCUT2D eigenvalue weighted by Gasteiger charge is -2.35. The molecule has 1 aliphatic heterocycles. The Balaban J connectivity index is 0.000000401. The average Bonchev–Trinajstić information content (AvgIpc) is 2.95. The second kappa shape index (κ2) is 17.1. The zero-order chi connectivity index (χ0) is 31.1. The fourth-order valence-corrected chi connectivity index (χ4v) is 4.72. The van der Waals surface area contributed by atoms with Gasteiger partial charge in [0.25, 0.3) is 0 Å². The highest BCUT2D eigenvalue weighted by Gasteiger charge is 2.40. The summed E-state index contributed by atoms with van der Waals surface area (Å²) in [4.78, 5) is 49.5. The number of carboxylic acids is 3. The number of likely N-dealkylation sites (tertiary alicyclic amines) is 1. The molecule has 0 aliphatic carbocycles. The Hall–Kier alpha value is -3.96. The van der Waals surface area contributed by atoms with Crippen molar-refractivity contribution >= 4 is 23.9 Å². The number of benzene rings is 2. The molecule has 1 heterocycles. The summed E-state index contributed by atoms with van der Waals surface area (Å²) in [5.41, 5.74) is 0.0348. The first-order valence-corrected chi connectivity index (χ1v) is 14.1. The van der Waals surface area contributed by atoms with Gasteiger partial charge in [-0.05, 0) is 49.8 Å². The minimum absolute atomic E-state index is 0.180. The quantitative estimate of drug-likeness (QED) is 0.277. The Morgan fingerprint density at radius 2 is 1.29 bits per heavy atom. The van der Waals surface area contributed by atoms with Gasteiger partial charge in [0.2, 0.25) is 0 Å². The fourth-order valence-electron chi connectivity index (χ4n) is 4.72. The van der Waals surface area contributed by atoms with Crippen LogP contribution in [0.4, 0.5) is 4.79 Å². The second-order valence-electron chi connectivity index (χ2n) is 10.8. The number of rotatable bonds is 13. The van der Waals surface area contributed by atoms with Gasteiger partial charge in [0.05, 0.1) is 12.8 Å². The number of aliphatic hydroxyl groups is 1. The number of nitrogens with zero attached hydrogens (tertiary/aromatic N) is 3. The second-order valence-corrected chi connectivity index (χ2v) is 10.8. The van der Waals surface area contributed by atoms with Gasteiger partial charge in [-0.15, -0.1) is 0 Å². The number of aliphatic carboxylic acids is 3. The third-order valence-corrected chi connectivity index (χ3v) is 7.31. The lowest BCUT2D eigenvalue weighted by Crippen LogP contribution is -2.47. The van der Waals surface area contributed by atoms with Gasteiger partial charge >= 0.3 is 23.9 Å². The number of hydrogen-bond donors (Lipinski definition) is 4. The molecule has 230 valence electrons. The third kappa shape index (κ3) is 12.3. The van der Waals surface area contributed by atoms with E-state index in [1.54, 1.807) is 0 Å². The van der Waals surface area contributed by atoms with Crippen LogP contribution in [0.15, 0.2) is 60.7 Å². The lowest BCUT2D eigenvalue weighted by molar-refractivity contribution is -0.170. The van der Waals surface area contributed by atoms with Crippen LogP contribution >= 0.6 is 0 Å². The Bertz CT molecular complexity index is 1120. The van der Waals surface area contributed by atoms with Crippen molar-refractivity contribution in [1.82, 2.24) is 14.7 Å². The summed E-state index contributed by atoms with van der Waals surface area (Å²) < 4.78 is 0. The molecular formula is C31H43N3O8. The summed E-state index contributed by atoms with van der Waals surface area (Å²) in [6, 6.07) is 21.5. The third-order valence-electron chi connectivity index (χ3n) is 7.31. The number of urea groups is 1. The summed E-state index contributed by atoms with van der Waals surface area (Å²) in [6.07, 6.45) is 2.09. The predicted molar refractivity (Wildman–Crippen MR) is 157 cm³/mol. The Labute approximate surface area is 247 Å². The van der Waals surface area contributed by atoms with E-state index >= 15 is 0 Å². The first kappa shape index (κ1) is 34.2. The van der Waals surface area contributed by atoms with Crippen molar-refractivity contribution < 1.29 is 39.6 Å². The number of amides is 2. The van der Waals surface area contributed by atoms with Crippen molar-refractivity contribution in [3.05, 3.63) is 71.8 Å². The molecule has 42 heavy (non-hydrogen) atoms. The lowest BCUT2D eigenvalue weighted by atomic mass is 9.90. The summed E-state index contributed by atoms with van der Waals surface area (Å²) in [6.45, 7) is 4.44. The van der Waals surface area contributed by atoms with Gasteiger partial charge in [-0.2, -0.15) is 0 Å². The molecule has 0 unspecified atom stereocenters. The maximum Gasteiger partial charge on any atom is 0.336 e. The van der Waals surface area contributed by atoms with E-state index in [4.69, 9.17) is 20.4 Å². The van der Waals surface area contributed by atoms with Crippen LogP contribution in [0.5, 0.6) is 0 Å². The topological polar surface area (TPSA) is 159 Å². The van der Waals surface area contributed by atoms with Crippen LogP contribution in [0.2, 0.25) is 0 Å². The van der Waals surface area contributed by atoms with Crippen molar-refractivity contribution in [2.45, 2.75) is 44.1 Å². The number of carbonyl (C=O) groups is 4. The van der Waals surface area contributed by atoms with Crippen molar-refractivity contribution in [2.75, 3.05) is 46.8 Å². The number of piperidine rings is 1. The summed E-state index contributed by atoms with van der Waals surface area (Å²) >= 11 is 0. The van der Waals surface area contributed by atoms with Crippen molar-refractivity contribution in [2.24, 2.45) is 5.92 Å². The molecule has 4 N–H and O–H groups in total. The van der Waals surface area contributed by atoms with Gasteiger partial charge < -0.3 is 35.1 Å². The van der Waals surface area contributed by atoms with E-state index in [1.165, 1.54) is 11.1 Å². The SMILES string of the molecule is CN(CCc1ccccc1)CCN(C)C(=O)N1CCC(Cc2ccccc2)CC1.O=C(O)CC(O)(CC(=O)O)C(=O)O. The van der Waals surface area contributed by atoms with Crippen molar-refractivity contribution in [3.8, 4) is 0 Å². The average molecular weight is 586 g/mol. The molecule has 2 amide bonds. The highest BCUT2D eigenvalue weighted by Crippen LogP contribution is 2.22. The van der Waals surface area contributed by atoms with Gasteiger partial charge in [-0.1, -0.05) is 60.7 Å². The Morgan fingerprint density at radius 1 is 0.786 bits per heavy atom. The van der Waals surface area contributed by atoms with Gasteiger partial charge in [-0.3, -0.25) is 9.59 Å². The zero-order valence-electron chi connectivity index (χ0n) is 24.4. The molecule has 0 bridgehead atoms. The number of carbonyl (C=O) groups excluding carboxylic acids is 1. The molecule has 11 nitrogen and oxygen atoms in total. The fraction of sp³-hybridized carbons (Fsp3) is 0.484. The minimum atomic E-state index is -2.74. The van der Waals surface area contributed by atoms with Crippen LogP contribution in [0.1, 0.15) is 36.8 Å². The summed E-state index contributed by atoms with van der Waals surface area (Å²) in [5.74, 6) is -4.33. The van der Waals surface area contributed by atoms with E-state index in [1.807, 2.05) is 16.8 Å². The van der Waals surface area contributed by atoms with Crippen molar-refractivity contribution in [3.63, 3.8) is 0 Å². The molecule has 1 saturated heterocycles. The predicted octanol–water partition coefficient (Wildman–Crippen LogP) is 2.92. The highest BCUT2D eigenvalue weighted by atomic mass is 16.4. The smallest absolute Gasteiger partial charge is 0.336 e. The van der Waals surface area contributed by atoms with E-state index in [0.717, 1.165) is 58.4 Å². The molecule has 3 rings (SSSR count). The van der Waals surface area contributed by atoms with Gasteiger partial charge in [0.15, 0.2) is 5.60 Å². The molecule has 2 aromatic rings. The molecular weight excluding hydrogens is 542 g/mol. The van der Waals surface area contributed by atoms with E-state index in [-0.39, 0.29) is 6.03 Å². The Kier molecular flexibility index (Phi) is 13.9. The van der Waals surface area contributed by atoms with Crippen LogP contribution in [0, 0.1) is 5.92 Å². The number of hydrogen-bond acceptors (Lipinski definition) is 6. The van der Waals surface area contributed by atoms with Crippen LogP contribution in [-0.4, -0.2) is 111 Å². The molecule has 0 atom stereocenters. The normalized spacial score (nSPS) is 13.7. The van der Waals surface area contributed by atoms with Crippen LogP contribution in [0.3, 0.4) is 0 Å². The van der Waals surface area contributed by atoms with Crippen LogP contribution < -0.4 is 0 Å². The molecule has 2 aromatic carbocycles. The molecule has 0 radical (unpaired) electrons. The van der Waals surface area contributed by atoms with Gasteiger partial charge in [-0.25, -0.2) is 9.59 Å². The molecule has 1 fully saturated rings. The van der Waals surface area contributed by atoms with Crippen LogP contribution in [-0.2, 0) is 27.2 Å². The number of carboxylic acid groups (broad SMARTS) is 3. The zero-order valence-corrected chi connectivity index (χ0v) is 24.4. The molecule has 0 spiro atoms. The van der Waals surface area contributed by atoms with Crippen molar-refractivity contribution in [1.29, 1.82) is 0 Å². The summed E-state index contributed by atoms with van der Waals surface area (Å²) in [5, 5.41) is 33.8. The molecule has 1 aliphatic rings. The molecule has 11 heteroatoms. The first-order valence-electron chi connectivity index (χ1n) is 14.1. The molecule has 0 saturated carbocycles. The molecule has 0 aromatic heterocycles. The minimum Gasteiger partial charge on any atom is -0.481 e. The summed E-state index contributed by atoms with van der Waals surface area (Å²) in [7, 11) is 4.07. The van der Waals surface area contributed by atoms with Crippen LogP contribution in [0.25, 0.3) is 0 Å². The maximum absolute atomic E-state index is 12.8. The van der Waals surface area contributed by atoms with E-state index in [9.17, 15) is 19.2 Å². The Morgan fingerprint density at radius 3 is 1.76 bits per heavy atom. The van der Waals surface area contributed by atoms with Gasteiger partial charge in [0, 0.05) is 39.8 Å². The maximum atomic E-state index is 12.8. The number of likely N-dealkylation sites (N-methyl/N-ethyl adjacent to an activating group) is 2. The standard InChI is InChI=1S/C25H35N3O.C6H8O7/c1-26(16-13-22-9-5-3-6-10-22)19-20-27(2)25(29)28-17-14-24(15-18-28)21-23-11-7-4-8-12-23;7-3(8)1-6(13,5(11)12)2-4(9)10/h3-12,24H,13-21H2,1-2H3;13H,1-2H2,(H,7,8)(H,9,10)(H,11,12). The van der Waals surface area contributed by atoms with E-state index < -0.39 is 36.4 Å². The monoisotopic (exact) mass is 585 g/mol. The van der Waals surface area contributed by atoms with E-state index in [2.05, 4.69) is 72.6 Å².